The molecule has 0 aromatic heterocycles. The van der Waals surface area contributed by atoms with Gasteiger partial charge in [-0.1, -0.05) is 30.3 Å². The predicted molar refractivity (Wildman–Crippen MR) is 129 cm³/mol. The predicted octanol–water partition coefficient (Wildman–Crippen LogP) is 5.12. The number of para-hydroxylation sites is 3. The number of anilines is 1. The van der Waals surface area contributed by atoms with Crippen LogP contribution in [0.25, 0.3) is 0 Å². The Kier molecular flexibility index (Phi) is 5.60. The van der Waals surface area contributed by atoms with E-state index in [1.807, 2.05) is 77.7 Å². The summed E-state index contributed by atoms with van der Waals surface area (Å²) in [6.07, 6.45) is 0. The lowest BCUT2D eigenvalue weighted by Crippen LogP contribution is -2.56. The second-order valence-corrected chi connectivity index (χ2v) is 8.15. The van der Waals surface area contributed by atoms with Crippen LogP contribution < -0.4 is 14.8 Å². The Morgan fingerprint density at radius 1 is 1.03 bits per heavy atom. The Balaban J connectivity index is 1.42. The van der Waals surface area contributed by atoms with Crippen molar-refractivity contribution in [2.24, 2.45) is 4.99 Å². The largest absolute Gasteiger partial charge is 0.497 e. The van der Waals surface area contributed by atoms with Crippen molar-refractivity contribution in [3.05, 3.63) is 78.4 Å². The van der Waals surface area contributed by atoms with Crippen LogP contribution in [0.2, 0.25) is 0 Å². The molecule has 2 aliphatic rings. The average molecular weight is 443 g/mol. The van der Waals surface area contributed by atoms with Crippen LogP contribution in [0, 0.1) is 0 Å². The molecule has 7 nitrogen and oxygen atoms in total. The molecule has 0 aliphatic carbocycles. The number of fused-ring (bicyclic) bond motifs is 2. The fourth-order valence-electron chi connectivity index (χ4n) is 4.24. The number of amidine groups is 1. The number of carbonyl (C=O) groups excluding carboxylic acids is 1. The lowest BCUT2D eigenvalue weighted by molar-refractivity contribution is 0.145. The van der Waals surface area contributed by atoms with Crippen LogP contribution in [0.1, 0.15) is 12.5 Å². The highest BCUT2D eigenvalue weighted by Crippen LogP contribution is 2.39. The summed E-state index contributed by atoms with van der Waals surface area (Å²) in [5, 5.41) is 2.99. The van der Waals surface area contributed by atoms with Gasteiger partial charge in [0.15, 0.2) is 5.75 Å². The van der Waals surface area contributed by atoms with Gasteiger partial charge in [-0.2, -0.15) is 0 Å². The van der Waals surface area contributed by atoms with Gasteiger partial charge in [0, 0.05) is 31.4 Å². The van der Waals surface area contributed by atoms with Crippen molar-refractivity contribution in [3.63, 3.8) is 0 Å². The van der Waals surface area contributed by atoms with E-state index in [-0.39, 0.29) is 12.1 Å². The maximum absolute atomic E-state index is 12.9. The number of nitrogens with zero attached hydrogens (tertiary/aromatic N) is 3. The second kappa shape index (κ2) is 8.86. The van der Waals surface area contributed by atoms with Crippen molar-refractivity contribution in [2.45, 2.75) is 13.0 Å². The van der Waals surface area contributed by atoms with Crippen LogP contribution >= 0.6 is 0 Å². The minimum Gasteiger partial charge on any atom is -0.497 e. The maximum Gasteiger partial charge on any atom is 0.322 e. The third-order valence-corrected chi connectivity index (χ3v) is 5.95. The van der Waals surface area contributed by atoms with Gasteiger partial charge in [0.25, 0.3) is 0 Å². The van der Waals surface area contributed by atoms with Gasteiger partial charge < -0.3 is 24.6 Å². The molecule has 2 aliphatic heterocycles. The van der Waals surface area contributed by atoms with Gasteiger partial charge in [0.05, 0.1) is 12.7 Å². The first-order valence-corrected chi connectivity index (χ1v) is 11.0. The number of amides is 2. The van der Waals surface area contributed by atoms with E-state index >= 15 is 0 Å². The molecule has 0 saturated carbocycles. The molecule has 0 bridgehead atoms. The summed E-state index contributed by atoms with van der Waals surface area (Å²) < 4.78 is 11.7. The molecule has 1 fully saturated rings. The van der Waals surface area contributed by atoms with E-state index in [4.69, 9.17) is 14.5 Å². The highest BCUT2D eigenvalue weighted by molar-refractivity contribution is 6.04. The SMILES string of the molecule is COc1ccc2c(c1)C(N1CCN(C(=O)Nc3ccccc3)C(C)C1)=Nc1ccccc1O2. The van der Waals surface area contributed by atoms with Gasteiger partial charge in [0.2, 0.25) is 0 Å². The summed E-state index contributed by atoms with van der Waals surface area (Å²) in [5.41, 5.74) is 2.44. The molecule has 3 aromatic carbocycles. The molecule has 0 radical (unpaired) electrons. The third kappa shape index (κ3) is 4.22. The van der Waals surface area contributed by atoms with Gasteiger partial charge in [-0.15, -0.1) is 0 Å². The molecule has 2 heterocycles. The van der Waals surface area contributed by atoms with E-state index in [2.05, 4.69) is 17.1 Å². The number of hydrogen-bond donors (Lipinski definition) is 1. The van der Waals surface area contributed by atoms with Gasteiger partial charge in [-0.05, 0) is 49.4 Å². The van der Waals surface area contributed by atoms with E-state index in [0.29, 0.717) is 25.4 Å². The average Bonchev–Trinajstić information content (AvgIpc) is 3.00. The zero-order chi connectivity index (χ0) is 22.8. The summed E-state index contributed by atoms with van der Waals surface area (Å²) in [6.45, 7) is 3.95. The quantitative estimate of drug-likeness (QED) is 0.598. The number of carbonyl (C=O) groups is 1. The van der Waals surface area contributed by atoms with Gasteiger partial charge in [-0.3, -0.25) is 0 Å². The number of benzene rings is 3. The van der Waals surface area contributed by atoms with Crippen LogP contribution in [0.15, 0.2) is 77.8 Å². The molecule has 7 heteroatoms. The highest BCUT2D eigenvalue weighted by Gasteiger charge is 2.31. The van der Waals surface area contributed by atoms with Crippen LogP contribution in [0.5, 0.6) is 17.2 Å². The molecule has 1 atom stereocenters. The second-order valence-electron chi connectivity index (χ2n) is 8.15. The lowest BCUT2D eigenvalue weighted by atomic mass is 10.1. The number of methoxy groups -OCH3 is 1. The summed E-state index contributed by atoms with van der Waals surface area (Å²) in [6, 6.07) is 23.0. The van der Waals surface area contributed by atoms with Crippen LogP contribution in [-0.4, -0.2) is 54.5 Å². The normalized spacial score (nSPS) is 17.2. The van der Waals surface area contributed by atoms with E-state index in [1.165, 1.54) is 0 Å². The van der Waals surface area contributed by atoms with Crippen LogP contribution in [0.3, 0.4) is 0 Å². The lowest BCUT2D eigenvalue weighted by Gasteiger charge is -2.41. The van der Waals surface area contributed by atoms with Gasteiger partial charge in [0.1, 0.15) is 23.0 Å². The number of rotatable bonds is 2. The van der Waals surface area contributed by atoms with E-state index in [0.717, 1.165) is 34.3 Å². The zero-order valence-corrected chi connectivity index (χ0v) is 18.7. The van der Waals surface area contributed by atoms with Crippen molar-refractivity contribution < 1.29 is 14.3 Å². The number of nitrogens with one attached hydrogen (secondary N) is 1. The Morgan fingerprint density at radius 3 is 2.61 bits per heavy atom. The van der Waals surface area contributed by atoms with E-state index < -0.39 is 0 Å². The van der Waals surface area contributed by atoms with Crippen LogP contribution in [0.4, 0.5) is 16.2 Å². The number of hydrogen-bond acceptors (Lipinski definition) is 5. The maximum atomic E-state index is 12.9. The zero-order valence-electron chi connectivity index (χ0n) is 18.7. The fourth-order valence-corrected chi connectivity index (χ4v) is 4.24. The molecule has 168 valence electrons. The summed E-state index contributed by atoms with van der Waals surface area (Å²) in [7, 11) is 1.65. The molecule has 2 amide bonds. The van der Waals surface area contributed by atoms with E-state index in [1.54, 1.807) is 7.11 Å². The minimum atomic E-state index is -0.0908. The van der Waals surface area contributed by atoms with Gasteiger partial charge >= 0.3 is 6.03 Å². The van der Waals surface area contributed by atoms with Crippen molar-refractivity contribution in [3.8, 4) is 17.2 Å². The van der Waals surface area contributed by atoms with E-state index in [9.17, 15) is 4.79 Å². The molecule has 33 heavy (non-hydrogen) atoms. The topological polar surface area (TPSA) is 66.4 Å². The molecule has 1 N–H and O–H groups in total. The molecule has 1 unspecified atom stereocenters. The van der Waals surface area contributed by atoms with Crippen molar-refractivity contribution in [2.75, 3.05) is 32.1 Å². The minimum absolute atomic E-state index is 0.00126. The monoisotopic (exact) mass is 442 g/mol. The molecule has 3 aromatic rings. The Hall–Kier alpha value is -4.00. The highest BCUT2D eigenvalue weighted by atomic mass is 16.5. The van der Waals surface area contributed by atoms with Crippen molar-refractivity contribution >= 4 is 23.2 Å². The molecule has 5 rings (SSSR count). The number of ether oxygens (including phenoxy) is 2. The first kappa shape index (κ1) is 20.9. The summed E-state index contributed by atoms with van der Waals surface area (Å²) in [4.78, 5) is 22.0. The number of piperazine rings is 1. The van der Waals surface area contributed by atoms with Crippen LogP contribution in [-0.2, 0) is 0 Å². The molecular weight excluding hydrogens is 416 g/mol. The number of aliphatic imine (C=N–C) groups is 1. The van der Waals surface area contributed by atoms with Crippen molar-refractivity contribution in [1.82, 2.24) is 9.80 Å². The molecular formula is C26H26N4O3. The first-order chi connectivity index (χ1) is 16.1. The fraction of sp³-hybridized carbons (Fsp3) is 0.231. The summed E-state index contributed by atoms with van der Waals surface area (Å²) >= 11 is 0. The number of urea groups is 1. The Morgan fingerprint density at radius 2 is 1.82 bits per heavy atom. The molecule has 1 saturated heterocycles. The Bertz CT molecular complexity index is 1200. The third-order valence-electron chi connectivity index (χ3n) is 5.95. The smallest absolute Gasteiger partial charge is 0.322 e. The summed E-state index contributed by atoms with van der Waals surface area (Å²) in [5.74, 6) is 3.01. The van der Waals surface area contributed by atoms with Crippen molar-refractivity contribution in [1.29, 1.82) is 0 Å². The standard InChI is InChI=1S/C26H26N4O3/c1-18-17-29(14-15-30(18)26(31)27-19-8-4-3-5-9-19)25-21-16-20(32-2)12-13-23(21)33-24-11-7-6-10-22(24)28-25/h3-13,16,18H,14-15,17H2,1-2H3,(H,27,31). The molecule has 0 spiro atoms. The van der Waals surface area contributed by atoms with Gasteiger partial charge in [-0.25, -0.2) is 9.79 Å². The first-order valence-electron chi connectivity index (χ1n) is 11.0. The Labute approximate surface area is 193 Å².